The van der Waals surface area contributed by atoms with E-state index in [9.17, 15) is 13.2 Å². The van der Waals surface area contributed by atoms with E-state index in [2.05, 4.69) is 10.3 Å². The lowest BCUT2D eigenvalue weighted by molar-refractivity contribution is -0.119. The highest BCUT2D eigenvalue weighted by Gasteiger charge is 2.39. The molecule has 1 unspecified atom stereocenters. The summed E-state index contributed by atoms with van der Waals surface area (Å²) < 4.78 is 28.3. The minimum absolute atomic E-state index is 0.132. The summed E-state index contributed by atoms with van der Waals surface area (Å²) in [6, 6.07) is 9.31. The van der Waals surface area contributed by atoms with E-state index in [1.165, 1.54) is 39.9 Å². The Morgan fingerprint density at radius 1 is 1.24 bits per heavy atom. The van der Waals surface area contributed by atoms with Crippen LogP contribution in [0.3, 0.4) is 0 Å². The summed E-state index contributed by atoms with van der Waals surface area (Å²) in [5.74, 6) is -0.353. The first kappa shape index (κ1) is 20.3. The van der Waals surface area contributed by atoms with Crippen LogP contribution in [0.15, 0.2) is 41.3 Å². The lowest BCUT2D eigenvalue weighted by atomic mass is 10.1. The van der Waals surface area contributed by atoms with Crippen molar-refractivity contribution in [2.75, 3.05) is 11.9 Å². The first-order chi connectivity index (χ1) is 13.8. The number of carbonyl (C=O) groups is 1. The zero-order valence-electron chi connectivity index (χ0n) is 16.0. The molecular weight excluding hydrogens is 430 g/mol. The van der Waals surface area contributed by atoms with Crippen LogP contribution < -0.4 is 5.32 Å². The van der Waals surface area contributed by atoms with Crippen molar-refractivity contribution in [2.45, 2.75) is 37.6 Å². The number of hydrogen-bond donors (Lipinski definition) is 1. The number of anilines is 1. The normalized spacial score (nSPS) is 17.7. The molecule has 9 heteroatoms. The fourth-order valence-electron chi connectivity index (χ4n) is 3.64. The maximum Gasteiger partial charge on any atom is 0.244 e. The van der Waals surface area contributed by atoms with Crippen molar-refractivity contribution in [1.29, 1.82) is 0 Å². The van der Waals surface area contributed by atoms with Gasteiger partial charge in [-0.05, 0) is 68.1 Å². The van der Waals surface area contributed by atoms with Gasteiger partial charge in [0, 0.05) is 11.6 Å². The van der Waals surface area contributed by atoms with Crippen LogP contribution in [0.2, 0.25) is 5.02 Å². The molecule has 1 atom stereocenters. The summed E-state index contributed by atoms with van der Waals surface area (Å²) in [6.45, 7) is 4.31. The summed E-state index contributed by atoms with van der Waals surface area (Å²) in [6.07, 6.45) is 1.10. The topological polar surface area (TPSA) is 79.4 Å². The van der Waals surface area contributed by atoms with E-state index in [0.717, 1.165) is 21.3 Å². The van der Waals surface area contributed by atoms with Gasteiger partial charge in [-0.1, -0.05) is 29.0 Å². The zero-order valence-corrected chi connectivity index (χ0v) is 18.4. The lowest BCUT2D eigenvalue weighted by Gasteiger charge is -2.23. The zero-order chi connectivity index (χ0) is 20.8. The highest BCUT2D eigenvalue weighted by molar-refractivity contribution is 7.89. The number of amides is 1. The van der Waals surface area contributed by atoms with Crippen LogP contribution in [0.1, 0.15) is 24.0 Å². The molecule has 1 aromatic heterocycles. The SMILES string of the molecule is Cc1cc(C)c2nc(NC(=O)C3CCCN3S(=O)(=O)c3ccc(Cl)cc3)sc2c1. The molecule has 2 heterocycles. The average Bonchev–Trinajstić information content (AvgIpc) is 3.29. The fraction of sp³-hybridized carbons (Fsp3) is 0.300. The Morgan fingerprint density at radius 3 is 2.69 bits per heavy atom. The number of aryl methyl sites for hydroxylation is 2. The molecule has 0 bridgehead atoms. The molecule has 3 aromatic rings. The minimum Gasteiger partial charge on any atom is -0.301 e. The van der Waals surface area contributed by atoms with Gasteiger partial charge in [0.25, 0.3) is 0 Å². The third kappa shape index (κ3) is 3.90. The Hall–Kier alpha value is -2.00. The van der Waals surface area contributed by atoms with Crippen molar-refractivity contribution in [3.63, 3.8) is 0 Å². The molecule has 0 saturated carbocycles. The van der Waals surface area contributed by atoms with Gasteiger partial charge in [-0.15, -0.1) is 0 Å². The number of aromatic nitrogens is 1. The van der Waals surface area contributed by atoms with Crippen LogP contribution >= 0.6 is 22.9 Å². The molecule has 1 amide bonds. The number of hydrogen-bond acceptors (Lipinski definition) is 5. The van der Waals surface area contributed by atoms with Crippen molar-refractivity contribution < 1.29 is 13.2 Å². The van der Waals surface area contributed by atoms with Gasteiger partial charge in [-0.25, -0.2) is 13.4 Å². The predicted molar refractivity (Wildman–Crippen MR) is 116 cm³/mol. The van der Waals surface area contributed by atoms with Crippen molar-refractivity contribution in [2.24, 2.45) is 0 Å². The minimum atomic E-state index is -3.78. The van der Waals surface area contributed by atoms with Crippen LogP contribution in [0, 0.1) is 13.8 Å². The van der Waals surface area contributed by atoms with Gasteiger partial charge in [0.05, 0.1) is 15.1 Å². The lowest BCUT2D eigenvalue weighted by Crippen LogP contribution is -2.43. The average molecular weight is 450 g/mol. The number of fused-ring (bicyclic) bond motifs is 1. The number of sulfonamides is 1. The summed E-state index contributed by atoms with van der Waals surface area (Å²) in [5, 5.41) is 3.76. The van der Waals surface area contributed by atoms with E-state index < -0.39 is 16.1 Å². The molecule has 1 N–H and O–H groups in total. The maximum absolute atomic E-state index is 13.0. The standard InChI is InChI=1S/C20H20ClN3O3S2/c1-12-10-13(2)18-17(11-12)28-20(22-18)23-19(25)16-4-3-9-24(16)29(26,27)15-7-5-14(21)6-8-15/h5-8,10-11,16H,3-4,9H2,1-2H3,(H,22,23,25). The molecule has 152 valence electrons. The number of nitrogens with zero attached hydrogens (tertiary/aromatic N) is 2. The first-order valence-corrected chi connectivity index (χ1v) is 11.9. The first-order valence-electron chi connectivity index (χ1n) is 9.22. The van der Waals surface area contributed by atoms with E-state index in [0.29, 0.717) is 29.5 Å². The molecule has 1 aliphatic rings. The van der Waals surface area contributed by atoms with E-state index in [-0.39, 0.29) is 10.8 Å². The highest BCUT2D eigenvalue weighted by Crippen LogP contribution is 2.31. The van der Waals surface area contributed by atoms with Gasteiger partial charge in [0.15, 0.2) is 5.13 Å². The van der Waals surface area contributed by atoms with Gasteiger partial charge in [0.1, 0.15) is 6.04 Å². The molecule has 1 saturated heterocycles. The second-order valence-electron chi connectivity index (χ2n) is 7.16. The Balaban J connectivity index is 1.58. The van der Waals surface area contributed by atoms with Crippen LogP contribution in [0.4, 0.5) is 5.13 Å². The van der Waals surface area contributed by atoms with E-state index in [1.54, 1.807) is 0 Å². The van der Waals surface area contributed by atoms with E-state index in [4.69, 9.17) is 11.6 Å². The molecule has 29 heavy (non-hydrogen) atoms. The largest absolute Gasteiger partial charge is 0.301 e. The van der Waals surface area contributed by atoms with Crippen LogP contribution in [0.5, 0.6) is 0 Å². The monoisotopic (exact) mass is 449 g/mol. The van der Waals surface area contributed by atoms with Crippen LogP contribution in [-0.4, -0.2) is 36.2 Å². The van der Waals surface area contributed by atoms with Crippen molar-refractivity contribution in [3.05, 3.63) is 52.5 Å². The van der Waals surface area contributed by atoms with Crippen molar-refractivity contribution >= 4 is 54.2 Å². The molecule has 6 nitrogen and oxygen atoms in total. The van der Waals surface area contributed by atoms with E-state index in [1.807, 2.05) is 26.0 Å². The molecule has 0 spiro atoms. The molecule has 0 radical (unpaired) electrons. The highest BCUT2D eigenvalue weighted by atomic mass is 35.5. The number of halogens is 1. The second kappa shape index (κ2) is 7.68. The number of nitrogens with one attached hydrogen (secondary N) is 1. The Morgan fingerprint density at radius 2 is 1.97 bits per heavy atom. The quantitative estimate of drug-likeness (QED) is 0.641. The number of benzene rings is 2. The molecule has 0 aliphatic carbocycles. The molecule has 1 fully saturated rings. The van der Waals surface area contributed by atoms with Crippen LogP contribution in [0.25, 0.3) is 10.2 Å². The number of thiazole rings is 1. The van der Waals surface area contributed by atoms with Gasteiger partial charge >= 0.3 is 0 Å². The summed E-state index contributed by atoms with van der Waals surface area (Å²) in [4.78, 5) is 17.6. The van der Waals surface area contributed by atoms with Gasteiger partial charge in [-0.3, -0.25) is 4.79 Å². The number of rotatable bonds is 4. The Labute approximate surface area is 178 Å². The Kier molecular flexibility index (Phi) is 5.37. The fourth-order valence-corrected chi connectivity index (χ4v) is 6.47. The number of carbonyl (C=O) groups excluding carboxylic acids is 1. The predicted octanol–water partition coefficient (Wildman–Crippen LogP) is 4.36. The van der Waals surface area contributed by atoms with Crippen LogP contribution in [-0.2, 0) is 14.8 Å². The van der Waals surface area contributed by atoms with Gasteiger partial charge < -0.3 is 5.32 Å². The third-order valence-electron chi connectivity index (χ3n) is 4.99. The van der Waals surface area contributed by atoms with Gasteiger partial charge in [-0.2, -0.15) is 4.31 Å². The van der Waals surface area contributed by atoms with Gasteiger partial charge in [0.2, 0.25) is 15.9 Å². The third-order valence-corrected chi connectivity index (χ3v) is 8.08. The van der Waals surface area contributed by atoms with Crippen molar-refractivity contribution in [3.8, 4) is 0 Å². The second-order valence-corrected chi connectivity index (χ2v) is 10.5. The maximum atomic E-state index is 13.0. The molecule has 2 aromatic carbocycles. The summed E-state index contributed by atoms with van der Waals surface area (Å²) in [5.41, 5.74) is 3.03. The molecule has 4 rings (SSSR count). The Bertz CT molecular complexity index is 1190. The smallest absolute Gasteiger partial charge is 0.244 e. The molecule has 1 aliphatic heterocycles. The summed E-state index contributed by atoms with van der Waals surface area (Å²) in [7, 11) is -3.78. The van der Waals surface area contributed by atoms with Crippen molar-refractivity contribution in [1.82, 2.24) is 9.29 Å². The van der Waals surface area contributed by atoms with E-state index >= 15 is 0 Å². The summed E-state index contributed by atoms with van der Waals surface area (Å²) >= 11 is 7.26. The molecular formula is C20H20ClN3O3S2.